The van der Waals surface area contributed by atoms with Crippen LogP contribution < -0.4 is 15.5 Å². The van der Waals surface area contributed by atoms with Gasteiger partial charge in [-0.15, -0.1) is 0 Å². The van der Waals surface area contributed by atoms with Crippen molar-refractivity contribution in [3.05, 3.63) is 24.3 Å². The summed E-state index contributed by atoms with van der Waals surface area (Å²) < 4.78 is 0. The molecule has 0 bridgehead atoms. The highest BCUT2D eigenvalue weighted by atomic mass is 32.2. The average molecular weight is 263 g/mol. The zero-order valence-corrected chi connectivity index (χ0v) is 11.2. The molecule has 0 aromatic heterocycles. The van der Waals surface area contributed by atoms with Crippen LogP contribution in [0.1, 0.15) is 0 Å². The Morgan fingerprint density at radius 1 is 1.33 bits per heavy atom. The van der Waals surface area contributed by atoms with E-state index in [1.165, 1.54) is 0 Å². The molecule has 1 amide bonds. The fourth-order valence-corrected chi connectivity index (χ4v) is 3.59. The number of carbonyl (C=O) groups is 1. The Labute approximate surface area is 111 Å². The Bertz CT molecular complexity index is 465. The summed E-state index contributed by atoms with van der Waals surface area (Å²) in [7, 11) is 0. The normalized spacial score (nSPS) is 26.9. The third-order valence-corrected chi connectivity index (χ3v) is 4.72. The molecule has 0 radical (unpaired) electrons. The molecule has 1 saturated heterocycles. The molecular weight excluding hydrogens is 246 g/mol. The maximum Gasteiger partial charge on any atom is 0.243 e. The quantitative estimate of drug-likeness (QED) is 0.840. The molecular formula is C13H17N3OS. The van der Waals surface area contributed by atoms with Crippen molar-refractivity contribution in [1.82, 2.24) is 5.32 Å². The summed E-state index contributed by atoms with van der Waals surface area (Å²) in [4.78, 5) is 14.1. The van der Waals surface area contributed by atoms with Gasteiger partial charge in [-0.1, -0.05) is 12.1 Å². The zero-order valence-electron chi connectivity index (χ0n) is 10.3. The average Bonchev–Trinajstić information content (AvgIpc) is 2.85. The number of thioether (sulfide) groups is 1. The van der Waals surface area contributed by atoms with Crippen molar-refractivity contribution in [1.29, 1.82) is 0 Å². The van der Waals surface area contributed by atoms with Gasteiger partial charge < -0.3 is 15.5 Å². The lowest BCUT2D eigenvalue weighted by Gasteiger charge is -2.37. The zero-order chi connectivity index (χ0) is 12.5. The lowest BCUT2D eigenvalue weighted by Crippen LogP contribution is -2.48. The minimum atomic E-state index is 0.0838. The number of rotatable bonds is 2. The number of carbonyl (C=O) groups excluding carboxylic acids is 1. The van der Waals surface area contributed by atoms with Gasteiger partial charge in [0.05, 0.1) is 24.0 Å². The SMILES string of the molecule is CSC1CNCC1N1CC(=O)Nc2ccccc21. The molecule has 0 spiro atoms. The number of fused-ring (bicyclic) bond motifs is 1. The summed E-state index contributed by atoms with van der Waals surface area (Å²) >= 11 is 1.87. The minimum absolute atomic E-state index is 0.0838. The van der Waals surface area contributed by atoms with Gasteiger partial charge in [0.2, 0.25) is 5.91 Å². The van der Waals surface area contributed by atoms with E-state index in [0.717, 1.165) is 24.5 Å². The molecule has 1 fully saturated rings. The summed E-state index contributed by atoms with van der Waals surface area (Å²) in [5.74, 6) is 0.0838. The van der Waals surface area contributed by atoms with Gasteiger partial charge in [-0.25, -0.2) is 0 Å². The molecule has 2 N–H and O–H groups in total. The number of benzene rings is 1. The van der Waals surface area contributed by atoms with Crippen molar-refractivity contribution in [3.63, 3.8) is 0 Å². The van der Waals surface area contributed by atoms with Crippen molar-refractivity contribution in [3.8, 4) is 0 Å². The first kappa shape index (κ1) is 11.9. The van der Waals surface area contributed by atoms with Gasteiger partial charge in [-0.3, -0.25) is 4.79 Å². The van der Waals surface area contributed by atoms with E-state index in [1.54, 1.807) is 0 Å². The van der Waals surface area contributed by atoms with Gasteiger partial charge in [-0.05, 0) is 18.4 Å². The van der Waals surface area contributed by atoms with Gasteiger partial charge >= 0.3 is 0 Å². The van der Waals surface area contributed by atoms with Crippen molar-refractivity contribution in [2.45, 2.75) is 11.3 Å². The molecule has 2 aliphatic heterocycles. The summed E-state index contributed by atoms with van der Waals surface area (Å²) in [5, 5.41) is 6.91. The van der Waals surface area contributed by atoms with E-state index in [2.05, 4.69) is 27.9 Å². The van der Waals surface area contributed by atoms with Crippen molar-refractivity contribution in [2.24, 2.45) is 0 Å². The van der Waals surface area contributed by atoms with Crippen molar-refractivity contribution in [2.75, 3.05) is 36.1 Å². The molecule has 1 aromatic rings. The van der Waals surface area contributed by atoms with Gasteiger partial charge in [0.15, 0.2) is 0 Å². The number of para-hydroxylation sites is 2. The third kappa shape index (κ3) is 1.97. The molecule has 0 saturated carbocycles. The van der Waals surface area contributed by atoms with E-state index >= 15 is 0 Å². The first-order valence-corrected chi connectivity index (χ1v) is 7.47. The topological polar surface area (TPSA) is 44.4 Å². The van der Waals surface area contributed by atoms with Crippen LogP contribution in [0.25, 0.3) is 0 Å². The summed E-state index contributed by atoms with van der Waals surface area (Å²) in [6.07, 6.45) is 2.14. The van der Waals surface area contributed by atoms with Crippen LogP contribution in [0.15, 0.2) is 24.3 Å². The van der Waals surface area contributed by atoms with Crippen molar-refractivity contribution < 1.29 is 4.79 Å². The van der Waals surface area contributed by atoms with Crippen LogP contribution in [-0.2, 0) is 4.79 Å². The second-order valence-electron chi connectivity index (χ2n) is 4.69. The number of hydrogen-bond acceptors (Lipinski definition) is 4. The number of hydrogen-bond donors (Lipinski definition) is 2. The van der Waals surface area contributed by atoms with Gasteiger partial charge in [-0.2, -0.15) is 11.8 Å². The van der Waals surface area contributed by atoms with Crippen molar-refractivity contribution >= 4 is 29.0 Å². The summed E-state index contributed by atoms with van der Waals surface area (Å²) in [6, 6.07) is 8.44. The van der Waals surface area contributed by atoms with E-state index in [4.69, 9.17) is 0 Å². The second kappa shape index (κ2) is 4.82. The van der Waals surface area contributed by atoms with Crippen LogP contribution in [0, 0.1) is 0 Å². The predicted molar refractivity (Wildman–Crippen MR) is 76.4 cm³/mol. The van der Waals surface area contributed by atoms with E-state index < -0.39 is 0 Å². The second-order valence-corrected chi connectivity index (χ2v) is 5.77. The lowest BCUT2D eigenvalue weighted by atomic mass is 10.1. The highest BCUT2D eigenvalue weighted by molar-refractivity contribution is 7.99. The Kier molecular flexibility index (Phi) is 3.18. The molecule has 3 rings (SSSR count). The molecule has 18 heavy (non-hydrogen) atoms. The van der Waals surface area contributed by atoms with Crippen LogP contribution in [0.3, 0.4) is 0 Å². The van der Waals surface area contributed by atoms with E-state index in [0.29, 0.717) is 17.8 Å². The van der Waals surface area contributed by atoms with E-state index in [9.17, 15) is 4.79 Å². The number of amides is 1. The summed E-state index contributed by atoms with van der Waals surface area (Å²) in [5.41, 5.74) is 2.07. The lowest BCUT2D eigenvalue weighted by molar-refractivity contribution is -0.115. The molecule has 2 heterocycles. The predicted octanol–water partition coefficient (Wildman–Crippen LogP) is 1.15. The first-order valence-electron chi connectivity index (χ1n) is 6.18. The van der Waals surface area contributed by atoms with Gasteiger partial charge in [0.1, 0.15) is 0 Å². The maximum atomic E-state index is 11.8. The Morgan fingerprint density at radius 2 is 2.17 bits per heavy atom. The van der Waals surface area contributed by atoms with Crippen LogP contribution in [0.5, 0.6) is 0 Å². The maximum absolute atomic E-state index is 11.8. The fraction of sp³-hybridized carbons (Fsp3) is 0.462. The molecule has 96 valence electrons. The highest BCUT2D eigenvalue weighted by Gasteiger charge is 2.35. The first-order chi connectivity index (χ1) is 8.79. The van der Waals surface area contributed by atoms with Crippen LogP contribution >= 0.6 is 11.8 Å². The molecule has 2 atom stereocenters. The van der Waals surface area contributed by atoms with Crippen LogP contribution in [0.2, 0.25) is 0 Å². The Morgan fingerprint density at radius 3 is 3.00 bits per heavy atom. The molecule has 1 aromatic carbocycles. The van der Waals surface area contributed by atoms with Crippen LogP contribution in [0.4, 0.5) is 11.4 Å². The number of nitrogens with one attached hydrogen (secondary N) is 2. The van der Waals surface area contributed by atoms with E-state index in [1.807, 2.05) is 30.0 Å². The monoisotopic (exact) mass is 263 g/mol. The number of anilines is 2. The fourth-order valence-electron chi connectivity index (χ4n) is 2.75. The minimum Gasteiger partial charge on any atom is -0.355 e. The highest BCUT2D eigenvalue weighted by Crippen LogP contribution is 2.33. The van der Waals surface area contributed by atoms with E-state index in [-0.39, 0.29) is 5.91 Å². The Hall–Kier alpha value is -1.20. The summed E-state index contributed by atoms with van der Waals surface area (Å²) in [6.45, 7) is 2.43. The smallest absolute Gasteiger partial charge is 0.243 e. The number of nitrogens with zero attached hydrogens (tertiary/aromatic N) is 1. The van der Waals surface area contributed by atoms with Gasteiger partial charge in [0, 0.05) is 18.3 Å². The standard InChI is InChI=1S/C13H17N3OS/c1-18-12-7-14-6-11(12)16-8-13(17)15-9-4-2-3-5-10(9)16/h2-5,11-12,14H,6-8H2,1H3,(H,15,17). The van der Waals surface area contributed by atoms with Gasteiger partial charge in [0.25, 0.3) is 0 Å². The molecule has 5 heteroatoms. The van der Waals surface area contributed by atoms with Crippen LogP contribution in [-0.4, -0.2) is 43.1 Å². The molecule has 2 aliphatic rings. The third-order valence-electron chi connectivity index (χ3n) is 3.63. The molecule has 2 unspecified atom stereocenters. The largest absolute Gasteiger partial charge is 0.355 e. The molecule has 0 aliphatic carbocycles. The molecule has 4 nitrogen and oxygen atoms in total. The Balaban J connectivity index is 1.94.